The van der Waals surface area contributed by atoms with Crippen molar-refractivity contribution in [1.29, 1.82) is 0 Å². The fourth-order valence-electron chi connectivity index (χ4n) is 1.47. The third-order valence-corrected chi connectivity index (χ3v) is 3.70. The van der Waals surface area contributed by atoms with Crippen LogP contribution in [0.15, 0.2) is 0 Å². The maximum absolute atomic E-state index is 11.7. The van der Waals surface area contributed by atoms with Crippen molar-refractivity contribution < 1.29 is 23.7 Å². The van der Waals surface area contributed by atoms with Gasteiger partial charge in [0.25, 0.3) is 0 Å². The highest BCUT2D eigenvalue weighted by atomic mass is 32.2. The van der Waals surface area contributed by atoms with E-state index < -0.39 is 28.7 Å². The molecule has 0 aliphatic rings. The maximum Gasteiger partial charge on any atom is 0.327 e. The van der Waals surface area contributed by atoms with Gasteiger partial charge in [0.05, 0.1) is 5.75 Å². The van der Waals surface area contributed by atoms with Crippen molar-refractivity contribution in [2.75, 3.05) is 24.6 Å². The van der Waals surface area contributed by atoms with Crippen molar-refractivity contribution in [3.05, 3.63) is 0 Å². The second kappa shape index (κ2) is 8.63. The lowest BCUT2D eigenvalue weighted by Crippen LogP contribution is -2.44. The Morgan fingerprint density at radius 1 is 1.26 bits per heavy atom. The Hall–Kier alpha value is -1.44. The van der Waals surface area contributed by atoms with E-state index in [9.17, 15) is 18.6 Å². The second-order valence-electron chi connectivity index (χ2n) is 3.91. The van der Waals surface area contributed by atoms with E-state index in [1.165, 1.54) is 11.8 Å². The van der Waals surface area contributed by atoms with Crippen molar-refractivity contribution >= 4 is 28.6 Å². The molecule has 0 saturated heterocycles. The number of hydrogen-bond donors (Lipinski definition) is 2. The van der Waals surface area contributed by atoms with Gasteiger partial charge in [-0.15, -0.1) is 0 Å². The number of carboxylic acids is 1. The fraction of sp³-hybridized carbons (Fsp3) is 0.727. The normalized spacial score (nSPS) is 13.4. The van der Waals surface area contributed by atoms with Gasteiger partial charge in [-0.1, -0.05) is 0 Å². The summed E-state index contributed by atoms with van der Waals surface area (Å²) in [7, 11) is -1.63. The van der Waals surface area contributed by atoms with E-state index >= 15 is 0 Å². The molecule has 0 rings (SSSR count). The monoisotopic (exact) mass is 292 g/mol. The fourth-order valence-corrected chi connectivity index (χ4v) is 2.64. The summed E-state index contributed by atoms with van der Waals surface area (Å²) in [5.74, 6) is -2.57. The molecule has 0 spiro atoms. The highest BCUT2D eigenvalue weighted by Crippen LogP contribution is 1.96. The van der Waals surface area contributed by atoms with Gasteiger partial charge in [-0.2, -0.15) is 0 Å². The minimum Gasteiger partial charge on any atom is -0.480 e. The van der Waals surface area contributed by atoms with Crippen LogP contribution in [-0.2, 0) is 25.2 Å². The first kappa shape index (κ1) is 17.6. The zero-order valence-corrected chi connectivity index (χ0v) is 12.2. The van der Waals surface area contributed by atoms with E-state index in [0.29, 0.717) is 13.1 Å². The van der Waals surface area contributed by atoms with Gasteiger partial charge >= 0.3 is 5.97 Å². The lowest BCUT2D eigenvalue weighted by Gasteiger charge is -2.19. The largest absolute Gasteiger partial charge is 0.480 e. The van der Waals surface area contributed by atoms with Crippen LogP contribution < -0.4 is 5.32 Å². The molecule has 19 heavy (non-hydrogen) atoms. The molecule has 7 nitrogen and oxygen atoms in total. The summed E-state index contributed by atoms with van der Waals surface area (Å²) in [5, 5.41) is 11.0. The number of amides is 2. The molecule has 0 aromatic heterocycles. The minimum atomic E-state index is -1.63. The van der Waals surface area contributed by atoms with Crippen LogP contribution in [-0.4, -0.2) is 62.6 Å². The van der Waals surface area contributed by atoms with E-state index in [2.05, 4.69) is 5.32 Å². The first-order valence-corrected chi connectivity index (χ1v) is 7.43. The molecule has 0 heterocycles. The Balaban J connectivity index is 4.46. The SMILES string of the molecule is CCN(CC)C(=O)CS(=O)CC(NC(C)=O)C(=O)O. The Bertz CT molecular complexity index is 368. The van der Waals surface area contributed by atoms with E-state index in [1.54, 1.807) is 0 Å². The lowest BCUT2D eigenvalue weighted by atomic mass is 10.3. The summed E-state index contributed by atoms with van der Waals surface area (Å²) in [6.07, 6.45) is 0. The van der Waals surface area contributed by atoms with Crippen molar-refractivity contribution in [1.82, 2.24) is 10.2 Å². The summed E-state index contributed by atoms with van der Waals surface area (Å²) >= 11 is 0. The third kappa shape index (κ3) is 6.90. The first-order chi connectivity index (χ1) is 8.81. The summed E-state index contributed by atoms with van der Waals surface area (Å²) in [6.45, 7) is 5.82. The average molecular weight is 292 g/mol. The Kier molecular flexibility index (Phi) is 7.97. The molecule has 2 amide bonds. The molecule has 110 valence electrons. The van der Waals surface area contributed by atoms with Gasteiger partial charge in [-0.05, 0) is 13.8 Å². The first-order valence-electron chi connectivity index (χ1n) is 5.94. The van der Waals surface area contributed by atoms with Crippen molar-refractivity contribution in [2.24, 2.45) is 0 Å². The van der Waals surface area contributed by atoms with Gasteiger partial charge in [0.1, 0.15) is 11.8 Å². The molecule has 0 radical (unpaired) electrons. The van der Waals surface area contributed by atoms with Gasteiger partial charge < -0.3 is 15.3 Å². The standard InChI is InChI=1S/C11H20N2O5S/c1-4-13(5-2)10(15)7-19(18)6-9(11(16)17)12-8(3)14/h9H,4-7H2,1-3H3,(H,12,14)(H,16,17). The van der Waals surface area contributed by atoms with Gasteiger partial charge in [0.2, 0.25) is 11.8 Å². The molecule has 8 heteroatoms. The molecule has 0 fully saturated rings. The van der Waals surface area contributed by atoms with Crippen molar-refractivity contribution in [3.8, 4) is 0 Å². The summed E-state index contributed by atoms with van der Waals surface area (Å²) in [5.41, 5.74) is 0. The van der Waals surface area contributed by atoms with Gasteiger partial charge in [-0.25, -0.2) is 4.79 Å². The molecule has 2 N–H and O–H groups in total. The number of nitrogens with one attached hydrogen (secondary N) is 1. The molecule has 0 saturated carbocycles. The summed E-state index contributed by atoms with van der Waals surface area (Å²) < 4.78 is 11.7. The molecule has 2 atom stereocenters. The van der Waals surface area contributed by atoms with Crippen molar-refractivity contribution in [3.63, 3.8) is 0 Å². The topological polar surface area (TPSA) is 104 Å². The molecule has 0 aromatic carbocycles. The Morgan fingerprint density at radius 3 is 2.16 bits per heavy atom. The zero-order chi connectivity index (χ0) is 15.0. The molecule has 0 aromatic rings. The summed E-state index contributed by atoms with van der Waals surface area (Å²) in [4.78, 5) is 34.9. The smallest absolute Gasteiger partial charge is 0.327 e. The predicted octanol–water partition coefficient (Wildman–Crippen LogP) is -0.807. The molecular weight excluding hydrogens is 272 g/mol. The van der Waals surface area contributed by atoms with Gasteiger partial charge in [0.15, 0.2) is 0 Å². The van der Waals surface area contributed by atoms with E-state index in [0.717, 1.165) is 0 Å². The predicted molar refractivity (Wildman–Crippen MR) is 71.0 cm³/mol. The second-order valence-corrected chi connectivity index (χ2v) is 5.41. The number of nitrogens with zero attached hydrogens (tertiary/aromatic N) is 1. The van der Waals surface area contributed by atoms with Crippen LogP contribution in [0.2, 0.25) is 0 Å². The zero-order valence-electron chi connectivity index (χ0n) is 11.3. The van der Waals surface area contributed by atoms with Crippen LogP contribution in [0.3, 0.4) is 0 Å². The number of hydrogen-bond acceptors (Lipinski definition) is 4. The maximum atomic E-state index is 11.7. The molecular formula is C11H20N2O5S. The summed E-state index contributed by atoms with van der Waals surface area (Å²) in [6, 6.07) is -1.23. The van der Waals surface area contributed by atoms with E-state index in [4.69, 9.17) is 5.11 Å². The van der Waals surface area contributed by atoms with Crippen LogP contribution in [0.5, 0.6) is 0 Å². The average Bonchev–Trinajstić information content (AvgIpc) is 2.28. The Morgan fingerprint density at radius 2 is 1.79 bits per heavy atom. The van der Waals surface area contributed by atoms with Crippen molar-refractivity contribution in [2.45, 2.75) is 26.8 Å². The number of rotatable bonds is 8. The number of carbonyl (C=O) groups is 3. The number of carbonyl (C=O) groups excluding carboxylic acids is 2. The minimum absolute atomic E-state index is 0.231. The highest BCUT2D eigenvalue weighted by molar-refractivity contribution is 7.85. The third-order valence-electron chi connectivity index (χ3n) is 2.43. The van der Waals surface area contributed by atoms with E-state index in [1.807, 2.05) is 13.8 Å². The number of aliphatic carboxylic acids is 1. The molecule has 0 aliphatic carbocycles. The van der Waals surface area contributed by atoms with Crippen LogP contribution in [0, 0.1) is 0 Å². The van der Waals surface area contributed by atoms with E-state index in [-0.39, 0.29) is 17.4 Å². The van der Waals surface area contributed by atoms with Crippen LogP contribution >= 0.6 is 0 Å². The van der Waals surface area contributed by atoms with Crippen LogP contribution in [0.4, 0.5) is 0 Å². The molecule has 0 bridgehead atoms. The van der Waals surface area contributed by atoms with Gasteiger partial charge in [-0.3, -0.25) is 13.8 Å². The van der Waals surface area contributed by atoms with Crippen LogP contribution in [0.1, 0.15) is 20.8 Å². The van der Waals surface area contributed by atoms with Gasteiger partial charge in [0, 0.05) is 30.8 Å². The Labute approximate surface area is 114 Å². The molecule has 0 aliphatic heterocycles. The van der Waals surface area contributed by atoms with Crippen LogP contribution in [0.25, 0.3) is 0 Å². The molecule has 2 unspecified atom stereocenters. The lowest BCUT2D eigenvalue weighted by molar-refractivity contribution is -0.140. The quantitative estimate of drug-likeness (QED) is 0.609. The number of carboxylic acid groups (broad SMARTS) is 1. The highest BCUT2D eigenvalue weighted by Gasteiger charge is 2.23.